The van der Waals surface area contributed by atoms with Crippen LogP contribution >= 0.6 is 0 Å². The molecule has 18 heavy (non-hydrogen) atoms. The number of nitrogens with zero attached hydrogens (tertiary/aromatic N) is 4. The van der Waals surface area contributed by atoms with Crippen molar-refractivity contribution in [3.8, 4) is 0 Å². The summed E-state index contributed by atoms with van der Waals surface area (Å²) in [5.74, 6) is 0.835. The van der Waals surface area contributed by atoms with Gasteiger partial charge in [0.05, 0.1) is 0 Å². The zero-order valence-electron chi connectivity index (χ0n) is 10.4. The summed E-state index contributed by atoms with van der Waals surface area (Å²) in [6.07, 6.45) is 4.29. The van der Waals surface area contributed by atoms with Crippen LogP contribution in [0.1, 0.15) is 5.82 Å². The van der Waals surface area contributed by atoms with Crippen molar-refractivity contribution in [2.75, 3.05) is 13.1 Å². The number of hydrogen-bond donors (Lipinski definition) is 1. The molecule has 0 atom stereocenters. The molecule has 2 aromatic heterocycles. The van der Waals surface area contributed by atoms with Crippen LogP contribution < -0.4 is 10.9 Å². The van der Waals surface area contributed by atoms with Crippen LogP contribution in [-0.4, -0.2) is 32.4 Å². The van der Waals surface area contributed by atoms with Gasteiger partial charge in [-0.2, -0.15) is 5.10 Å². The van der Waals surface area contributed by atoms with Crippen LogP contribution in [-0.2, 0) is 20.0 Å². The second-order valence-corrected chi connectivity index (χ2v) is 4.07. The molecule has 96 valence electrons. The molecule has 0 aromatic carbocycles. The van der Waals surface area contributed by atoms with E-state index in [1.807, 2.05) is 13.1 Å². The number of pyridine rings is 1. The molecule has 6 heteroatoms. The third-order valence-electron chi connectivity index (χ3n) is 2.60. The molecular weight excluding hydrogens is 230 g/mol. The first-order valence-corrected chi connectivity index (χ1v) is 5.96. The number of nitrogens with one attached hydrogen (secondary N) is 1. The summed E-state index contributed by atoms with van der Waals surface area (Å²) in [6, 6.07) is 5.18. The Hall–Kier alpha value is -1.95. The fourth-order valence-corrected chi connectivity index (χ4v) is 1.67. The van der Waals surface area contributed by atoms with Gasteiger partial charge < -0.3 is 9.88 Å². The quantitative estimate of drug-likeness (QED) is 0.719. The van der Waals surface area contributed by atoms with Crippen LogP contribution in [0.4, 0.5) is 0 Å². The molecule has 1 N–H and O–H groups in total. The minimum Gasteiger partial charge on any atom is -0.315 e. The van der Waals surface area contributed by atoms with Gasteiger partial charge in [0.15, 0.2) is 5.82 Å². The van der Waals surface area contributed by atoms with E-state index in [2.05, 4.69) is 15.4 Å². The molecule has 0 amide bonds. The molecule has 2 aromatic rings. The molecule has 0 aliphatic heterocycles. The number of rotatable bonds is 6. The Morgan fingerprint density at radius 3 is 2.94 bits per heavy atom. The number of aryl methyl sites for hydroxylation is 1. The summed E-state index contributed by atoms with van der Waals surface area (Å²) in [4.78, 5) is 15.6. The summed E-state index contributed by atoms with van der Waals surface area (Å²) >= 11 is 0. The van der Waals surface area contributed by atoms with Gasteiger partial charge >= 0.3 is 0 Å². The van der Waals surface area contributed by atoms with Gasteiger partial charge in [-0.05, 0) is 6.07 Å². The van der Waals surface area contributed by atoms with Crippen molar-refractivity contribution in [1.82, 2.24) is 24.6 Å². The van der Waals surface area contributed by atoms with Crippen molar-refractivity contribution in [2.45, 2.75) is 13.0 Å². The molecule has 0 fully saturated rings. The third-order valence-corrected chi connectivity index (χ3v) is 2.60. The maximum absolute atomic E-state index is 11.4. The Morgan fingerprint density at radius 2 is 2.22 bits per heavy atom. The van der Waals surface area contributed by atoms with Gasteiger partial charge in [0.25, 0.3) is 5.56 Å². The Balaban J connectivity index is 1.68. The second kappa shape index (κ2) is 6.11. The van der Waals surface area contributed by atoms with E-state index < -0.39 is 0 Å². The van der Waals surface area contributed by atoms with Gasteiger partial charge in [-0.15, -0.1) is 0 Å². The molecule has 0 radical (unpaired) electrons. The first-order chi connectivity index (χ1) is 8.75. The molecule has 6 nitrogen and oxygen atoms in total. The van der Waals surface area contributed by atoms with Crippen LogP contribution in [0.2, 0.25) is 0 Å². The molecule has 2 rings (SSSR count). The second-order valence-electron chi connectivity index (χ2n) is 4.07. The molecule has 0 aliphatic rings. The number of hydrogen-bond acceptors (Lipinski definition) is 4. The monoisotopic (exact) mass is 247 g/mol. The van der Waals surface area contributed by atoms with E-state index in [1.54, 1.807) is 33.9 Å². The summed E-state index contributed by atoms with van der Waals surface area (Å²) in [5.41, 5.74) is 0.0330. The zero-order chi connectivity index (χ0) is 12.8. The van der Waals surface area contributed by atoms with Crippen molar-refractivity contribution in [2.24, 2.45) is 7.05 Å². The van der Waals surface area contributed by atoms with Crippen molar-refractivity contribution in [3.63, 3.8) is 0 Å². The summed E-state index contributed by atoms with van der Waals surface area (Å²) in [7, 11) is 1.85. The fraction of sp³-hybridized carbons (Fsp3) is 0.417. The van der Waals surface area contributed by atoms with Crippen LogP contribution in [0.15, 0.2) is 35.5 Å². The third kappa shape index (κ3) is 3.53. The van der Waals surface area contributed by atoms with E-state index in [0.717, 1.165) is 25.3 Å². The normalized spacial score (nSPS) is 10.7. The largest absolute Gasteiger partial charge is 0.315 e. The smallest absolute Gasteiger partial charge is 0.250 e. The molecular formula is C12H17N5O. The standard InChI is InChI=1S/C12H17N5O/c1-16-10-14-11(15-16)5-6-13-7-9-17-8-3-2-4-12(17)18/h2-4,8,10,13H,5-7,9H2,1H3. The lowest BCUT2D eigenvalue weighted by Gasteiger charge is -2.05. The van der Waals surface area contributed by atoms with Gasteiger partial charge in [-0.3, -0.25) is 9.48 Å². The molecule has 0 unspecified atom stereocenters. The predicted octanol–water partition coefficient (Wildman–Crippen LogP) is -0.191. The maximum Gasteiger partial charge on any atom is 0.250 e. The van der Waals surface area contributed by atoms with E-state index >= 15 is 0 Å². The molecule has 0 saturated heterocycles. The predicted molar refractivity (Wildman–Crippen MR) is 68.3 cm³/mol. The van der Waals surface area contributed by atoms with Crippen molar-refractivity contribution in [1.29, 1.82) is 0 Å². The van der Waals surface area contributed by atoms with Crippen molar-refractivity contribution in [3.05, 3.63) is 46.9 Å². The average molecular weight is 247 g/mol. The molecule has 0 aliphatic carbocycles. The summed E-state index contributed by atoms with van der Waals surface area (Å²) < 4.78 is 3.38. The number of aromatic nitrogens is 4. The van der Waals surface area contributed by atoms with Gasteiger partial charge in [0.1, 0.15) is 6.33 Å². The summed E-state index contributed by atoms with van der Waals surface area (Å²) in [6.45, 7) is 2.25. The highest BCUT2D eigenvalue weighted by atomic mass is 16.1. The van der Waals surface area contributed by atoms with Crippen molar-refractivity contribution < 1.29 is 0 Å². The topological polar surface area (TPSA) is 64.7 Å². The molecule has 0 spiro atoms. The van der Waals surface area contributed by atoms with E-state index in [0.29, 0.717) is 6.54 Å². The van der Waals surface area contributed by atoms with E-state index in [1.165, 1.54) is 0 Å². The first kappa shape index (κ1) is 12.5. The lowest BCUT2D eigenvalue weighted by molar-refractivity contribution is 0.580. The van der Waals surface area contributed by atoms with Gasteiger partial charge in [0, 0.05) is 45.4 Å². The van der Waals surface area contributed by atoms with Gasteiger partial charge in [-0.1, -0.05) is 6.07 Å². The highest BCUT2D eigenvalue weighted by Gasteiger charge is 1.98. The lowest BCUT2D eigenvalue weighted by atomic mass is 10.4. The lowest BCUT2D eigenvalue weighted by Crippen LogP contribution is -2.27. The van der Waals surface area contributed by atoms with Crippen molar-refractivity contribution >= 4 is 0 Å². The van der Waals surface area contributed by atoms with E-state index in [9.17, 15) is 4.79 Å². The van der Waals surface area contributed by atoms with Crippen LogP contribution in [0.5, 0.6) is 0 Å². The zero-order valence-corrected chi connectivity index (χ0v) is 10.4. The maximum atomic E-state index is 11.4. The highest BCUT2D eigenvalue weighted by Crippen LogP contribution is 1.88. The Morgan fingerprint density at radius 1 is 1.33 bits per heavy atom. The fourth-order valence-electron chi connectivity index (χ4n) is 1.67. The van der Waals surface area contributed by atoms with Crippen LogP contribution in [0.3, 0.4) is 0 Å². The van der Waals surface area contributed by atoms with E-state index in [-0.39, 0.29) is 5.56 Å². The minimum absolute atomic E-state index is 0.0330. The summed E-state index contributed by atoms with van der Waals surface area (Å²) in [5, 5.41) is 7.46. The van der Waals surface area contributed by atoms with Gasteiger partial charge in [0.2, 0.25) is 0 Å². The Bertz CT molecular complexity index is 545. The molecule has 0 bridgehead atoms. The average Bonchev–Trinajstić information content (AvgIpc) is 2.77. The molecule has 2 heterocycles. The van der Waals surface area contributed by atoms with Gasteiger partial charge in [-0.25, -0.2) is 4.98 Å². The van der Waals surface area contributed by atoms with E-state index in [4.69, 9.17) is 0 Å². The minimum atomic E-state index is 0.0330. The SMILES string of the molecule is Cn1cnc(CCNCCn2ccccc2=O)n1. The van der Waals surface area contributed by atoms with Crippen LogP contribution in [0, 0.1) is 0 Å². The Labute approximate surface area is 105 Å². The first-order valence-electron chi connectivity index (χ1n) is 5.96. The Kier molecular flexibility index (Phi) is 4.25. The highest BCUT2D eigenvalue weighted by molar-refractivity contribution is 4.93. The molecule has 0 saturated carbocycles. The van der Waals surface area contributed by atoms with Crippen LogP contribution in [0.25, 0.3) is 0 Å².